The summed E-state index contributed by atoms with van der Waals surface area (Å²) in [5.74, 6) is 0.0496. The SMILES string of the molecule is O=C(CCCCBr)Nc1ccccc1-n1ccnc1. The predicted octanol–water partition coefficient (Wildman–Crippen LogP) is 3.38. The van der Waals surface area contributed by atoms with Gasteiger partial charge < -0.3 is 9.88 Å². The van der Waals surface area contributed by atoms with E-state index in [4.69, 9.17) is 0 Å². The molecule has 0 atom stereocenters. The second kappa shape index (κ2) is 7.09. The largest absolute Gasteiger partial charge is 0.324 e. The lowest BCUT2D eigenvalue weighted by atomic mass is 10.2. The number of carbonyl (C=O) groups is 1. The third-order valence-corrected chi connectivity index (χ3v) is 3.31. The number of alkyl halides is 1. The van der Waals surface area contributed by atoms with E-state index in [1.807, 2.05) is 35.0 Å². The van der Waals surface area contributed by atoms with E-state index >= 15 is 0 Å². The zero-order valence-electron chi connectivity index (χ0n) is 10.6. The number of aromatic nitrogens is 2. The average Bonchev–Trinajstić information content (AvgIpc) is 2.93. The molecule has 0 saturated carbocycles. The smallest absolute Gasteiger partial charge is 0.224 e. The van der Waals surface area contributed by atoms with Gasteiger partial charge in [0.2, 0.25) is 5.91 Å². The molecule has 19 heavy (non-hydrogen) atoms. The first-order valence-corrected chi connectivity index (χ1v) is 7.36. The van der Waals surface area contributed by atoms with Gasteiger partial charge in [0.05, 0.1) is 17.7 Å². The van der Waals surface area contributed by atoms with E-state index in [9.17, 15) is 4.79 Å². The number of para-hydroxylation sites is 2. The maximum Gasteiger partial charge on any atom is 0.224 e. The molecule has 5 heteroatoms. The minimum absolute atomic E-state index is 0.0496. The lowest BCUT2D eigenvalue weighted by Crippen LogP contribution is -2.13. The highest BCUT2D eigenvalue weighted by molar-refractivity contribution is 9.09. The van der Waals surface area contributed by atoms with Gasteiger partial charge in [-0.1, -0.05) is 28.1 Å². The van der Waals surface area contributed by atoms with Crippen molar-refractivity contribution in [2.45, 2.75) is 19.3 Å². The summed E-state index contributed by atoms with van der Waals surface area (Å²) in [5.41, 5.74) is 1.73. The van der Waals surface area contributed by atoms with E-state index < -0.39 is 0 Å². The first-order chi connectivity index (χ1) is 9.31. The van der Waals surface area contributed by atoms with Gasteiger partial charge in [0.1, 0.15) is 0 Å². The van der Waals surface area contributed by atoms with Crippen LogP contribution in [0.15, 0.2) is 43.0 Å². The Hall–Kier alpha value is -1.62. The fraction of sp³-hybridized carbons (Fsp3) is 0.286. The van der Waals surface area contributed by atoms with Gasteiger partial charge >= 0.3 is 0 Å². The predicted molar refractivity (Wildman–Crippen MR) is 79.8 cm³/mol. The quantitative estimate of drug-likeness (QED) is 0.655. The number of hydrogen-bond donors (Lipinski definition) is 1. The molecule has 1 aromatic carbocycles. The lowest BCUT2D eigenvalue weighted by Gasteiger charge is -2.11. The van der Waals surface area contributed by atoms with Crippen LogP contribution in [0.3, 0.4) is 0 Å². The molecule has 0 spiro atoms. The highest BCUT2D eigenvalue weighted by Gasteiger charge is 2.07. The number of benzene rings is 1. The Balaban J connectivity index is 2.06. The van der Waals surface area contributed by atoms with Crippen molar-refractivity contribution in [3.63, 3.8) is 0 Å². The number of rotatable bonds is 6. The normalized spacial score (nSPS) is 10.4. The third kappa shape index (κ3) is 3.92. The van der Waals surface area contributed by atoms with Crippen LogP contribution in [0.2, 0.25) is 0 Å². The maximum absolute atomic E-state index is 11.9. The summed E-state index contributed by atoms with van der Waals surface area (Å²) >= 11 is 3.36. The average molecular weight is 322 g/mol. The fourth-order valence-electron chi connectivity index (χ4n) is 1.80. The van der Waals surface area contributed by atoms with Crippen molar-refractivity contribution >= 4 is 27.5 Å². The zero-order valence-corrected chi connectivity index (χ0v) is 12.1. The molecule has 2 aromatic rings. The van der Waals surface area contributed by atoms with Gasteiger partial charge in [0, 0.05) is 24.1 Å². The molecule has 0 bridgehead atoms. The molecule has 2 rings (SSSR count). The van der Waals surface area contributed by atoms with E-state index in [0.717, 1.165) is 29.5 Å². The molecular weight excluding hydrogens is 306 g/mol. The minimum atomic E-state index is 0.0496. The van der Waals surface area contributed by atoms with Crippen LogP contribution in [0, 0.1) is 0 Å². The summed E-state index contributed by atoms with van der Waals surface area (Å²) in [6, 6.07) is 7.71. The zero-order chi connectivity index (χ0) is 13.5. The monoisotopic (exact) mass is 321 g/mol. The van der Waals surface area contributed by atoms with Crippen molar-refractivity contribution in [2.24, 2.45) is 0 Å². The Labute approximate surface area is 121 Å². The van der Waals surface area contributed by atoms with Gasteiger partial charge in [-0.15, -0.1) is 0 Å². The molecule has 1 aromatic heterocycles. The van der Waals surface area contributed by atoms with E-state index in [1.165, 1.54) is 0 Å². The van der Waals surface area contributed by atoms with Crippen LogP contribution in [0.25, 0.3) is 5.69 Å². The number of amides is 1. The maximum atomic E-state index is 11.9. The Kier molecular flexibility index (Phi) is 5.15. The number of nitrogens with one attached hydrogen (secondary N) is 1. The van der Waals surface area contributed by atoms with Crippen LogP contribution in [-0.4, -0.2) is 20.8 Å². The number of hydrogen-bond acceptors (Lipinski definition) is 2. The fourth-order valence-corrected chi connectivity index (χ4v) is 2.20. The number of halogens is 1. The van der Waals surface area contributed by atoms with E-state index in [-0.39, 0.29) is 5.91 Å². The Morgan fingerprint density at radius 1 is 1.32 bits per heavy atom. The number of carbonyl (C=O) groups excluding carboxylic acids is 1. The van der Waals surface area contributed by atoms with Crippen molar-refractivity contribution < 1.29 is 4.79 Å². The Bertz CT molecular complexity index is 525. The second-order valence-electron chi connectivity index (χ2n) is 4.18. The van der Waals surface area contributed by atoms with E-state index in [1.54, 1.807) is 12.5 Å². The van der Waals surface area contributed by atoms with Crippen molar-refractivity contribution in [3.8, 4) is 5.69 Å². The molecular formula is C14H16BrN3O. The van der Waals surface area contributed by atoms with E-state index in [0.29, 0.717) is 6.42 Å². The van der Waals surface area contributed by atoms with Crippen LogP contribution in [0.4, 0.5) is 5.69 Å². The summed E-state index contributed by atoms with van der Waals surface area (Å²) in [5, 5.41) is 3.89. The van der Waals surface area contributed by atoms with Gasteiger partial charge in [-0.3, -0.25) is 4.79 Å². The summed E-state index contributed by atoms with van der Waals surface area (Å²) in [6.07, 6.45) is 7.74. The standard InChI is InChI=1S/C14H16BrN3O/c15-8-4-3-7-14(19)17-12-5-1-2-6-13(12)18-10-9-16-11-18/h1-2,5-6,9-11H,3-4,7-8H2,(H,17,19). The van der Waals surface area contributed by atoms with Crippen LogP contribution in [0.1, 0.15) is 19.3 Å². The van der Waals surface area contributed by atoms with Crippen molar-refractivity contribution in [2.75, 3.05) is 10.6 Å². The van der Waals surface area contributed by atoms with Crippen LogP contribution in [-0.2, 0) is 4.79 Å². The lowest BCUT2D eigenvalue weighted by molar-refractivity contribution is -0.116. The summed E-state index contributed by atoms with van der Waals surface area (Å²) in [4.78, 5) is 15.9. The van der Waals surface area contributed by atoms with Gasteiger partial charge in [0.15, 0.2) is 0 Å². The summed E-state index contributed by atoms with van der Waals surface area (Å²) < 4.78 is 1.88. The molecule has 0 radical (unpaired) electrons. The van der Waals surface area contributed by atoms with Gasteiger partial charge in [-0.2, -0.15) is 0 Å². The first-order valence-electron chi connectivity index (χ1n) is 6.24. The molecule has 0 aliphatic carbocycles. The number of anilines is 1. The van der Waals surface area contributed by atoms with Gasteiger partial charge in [0.25, 0.3) is 0 Å². The highest BCUT2D eigenvalue weighted by atomic mass is 79.9. The van der Waals surface area contributed by atoms with Crippen molar-refractivity contribution in [1.82, 2.24) is 9.55 Å². The number of unbranched alkanes of at least 4 members (excludes halogenated alkanes) is 1. The van der Waals surface area contributed by atoms with Crippen molar-refractivity contribution in [3.05, 3.63) is 43.0 Å². The molecule has 0 fully saturated rings. The number of nitrogens with zero attached hydrogens (tertiary/aromatic N) is 2. The van der Waals surface area contributed by atoms with Crippen LogP contribution in [0.5, 0.6) is 0 Å². The first kappa shape index (κ1) is 13.8. The summed E-state index contributed by atoms with van der Waals surface area (Å²) in [6.45, 7) is 0. The molecule has 0 unspecified atom stereocenters. The van der Waals surface area contributed by atoms with Crippen LogP contribution < -0.4 is 5.32 Å². The van der Waals surface area contributed by atoms with E-state index in [2.05, 4.69) is 26.2 Å². The Morgan fingerprint density at radius 3 is 2.89 bits per heavy atom. The molecule has 1 N–H and O–H groups in total. The molecule has 1 heterocycles. The molecule has 100 valence electrons. The minimum Gasteiger partial charge on any atom is -0.324 e. The topological polar surface area (TPSA) is 46.9 Å². The Morgan fingerprint density at radius 2 is 2.16 bits per heavy atom. The number of imidazole rings is 1. The molecule has 0 aliphatic rings. The molecule has 0 saturated heterocycles. The van der Waals surface area contributed by atoms with Gasteiger partial charge in [-0.25, -0.2) is 4.98 Å². The van der Waals surface area contributed by atoms with Gasteiger partial charge in [-0.05, 0) is 25.0 Å². The van der Waals surface area contributed by atoms with Crippen molar-refractivity contribution in [1.29, 1.82) is 0 Å². The third-order valence-electron chi connectivity index (χ3n) is 2.75. The molecule has 1 amide bonds. The molecule has 0 aliphatic heterocycles. The molecule has 4 nitrogen and oxygen atoms in total. The highest BCUT2D eigenvalue weighted by Crippen LogP contribution is 2.19. The van der Waals surface area contributed by atoms with Crippen LogP contribution >= 0.6 is 15.9 Å². The second-order valence-corrected chi connectivity index (χ2v) is 4.97. The summed E-state index contributed by atoms with van der Waals surface area (Å²) in [7, 11) is 0.